The number of alkyl halides is 1. The second kappa shape index (κ2) is 5.35. The van der Waals surface area contributed by atoms with Crippen LogP contribution in [0.25, 0.3) is 17.1 Å². The van der Waals surface area contributed by atoms with Gasteiger partial charge >= 0.3 is 5.69 Å². The van der Waals surface area contributed by atoms with E-state index in [9.17, 15) is 9.59 Å². The molecular weight excluding hydrogens is 332 g/mol. The van der Waals surface area contributed by atoms with Crippen LogP contribution in [-0.4, -0.2) is 20.8 Å². The van der Waals surface area contributed by atoms with Gasteiger partial charge < -0.3 is 0 Å². The summed E-state index contributed by atoms with van der Waals surface area (Å²) in [5, 5.41) is 0. The molecule has 0 aliphatic heterocycles. The first-order valence-electron chi connectivity index (χ1n) is 5.57. The summed E-state index contributed by atoms with van der Waals surface area (Å²) < 4.78 is 3.97. The second-order valence-electron chi connectivity index (χ2n) is 4.20. The number of hydrogen-bond acceptors (Lipinski definition) is 2. The fourth-order valence-corrected chi connectivity index (χ4v) is 2.44. The van der Waals surface area contributed by atoms with Crippen molar-refractivity contribution >= 4 is 50.4 Å². The summed E-state index contributed by atoms with van der Waals surface area (Å²) in [6, 6.07) is 3.72. The smallest absolute Gasteiger partial charge is 0.295 e. The largest absolute Gasteiger partial charge is 0.328 e. The first-order valence-corrected chi connectivity index (χ1v) is 6.90. The maximum Gasteiger partial charge on any atom is 0.328 e. The number of benzene rings is 1. The predicted molar refractivity (Wildman–Crippen MR) is 80.6 cm³/mol. The summed E-state index contributed by atoms with van der Waals surface area (Å²) in [5.74, 6) is -0.198. The zero-order valence-corrected chi connectivity index (χ0v) is 12.8. The van der Waals surface area contributed by atoms with Crippen molar-refractivity contribution in [3.05, 3.63) is 38.7 Å². The number of carbonyl (C=O) groups excluding carboxylic acids is 1. The van der Waals surface area contributed by atoms with Crippen molar-refractivity contribution in [1.82, 2.24) is 9.13 Å². The minimum absolute atomic E-state index is 0.0415. The average molecular weight is 344 g/mol. The Kier molecular flexibility index (Phi) is 3.96. The molecule has 4 nitrogen and oxygen atoms in total. The van der Waals surface area contributed by atoms with Gasteiger partial charge in [-0.3, -0.25) is 13.9 Å². The van der Waals surface area contributed by atoms with Gasteiger partial charge in [-0.2, -0.15) is 0 Å². The number of carbonyl (C=O) groups is 1. The van der Waals surface area contributed by atoms with Crippen LogP contribution < -0.4 is 5.69 Å². The Balaban J connectivity index is 2.62. The van der Waals surface area contributed by atoms with Crippen molar-refractivity contribution in [2.75, 3.05) is 5.88 Å². The summed E-state index contributed by atoms with van der Waals surface area (Å²) in [6.07, 6.45) is 3.12. The van der Waals surface area contributed by atoms with Crippen molar-refractivity contribution in [2.24, 2.45) is 14.1 Å². The van der Waals surface area contributed by atoms with Gasteiger partial charge in [-0.1, -0.05) is 22.0 Å². The van der Waals surface area contributed by atoms with E-state index in [1.807, 2.05) is 12.1 Å². The van der Waals surface area contributed by atoms with Crippen LogP contribution in [0.4, 0.5) is 0 Å². The van der Waals surface area contributed by atoms with Crippen LogP contribution in [-0.2, 0) is 18.9 Å². The highest BCUT2D eigenvalue weighted by Crippen LogP contribution is 2.24. The minimum Gasteiger partial charge on any atom is -0.295 e. The summed E-state index contributed by atoms with van der Waals surface area (Å²) in [6.45, 7) is 0. The summed E-state index contributed by atoms with van der Waals surface area (Å²) in [5.41, 5.74) is 2.39. The predicted octanol–water partition coefficient (Wildman–Crippen LogP) is 2.46. The van der Waals surface area contributed by atoms with Crippen LogP contribution >= 0.6 is 27.5 Å². The molecule has 0 bridgehead atoms. The molecule has 0 saturated carbocycles. The van der Waals surface area contributed by atoms with E-state index in [1.165, 1.54) is 6.08 Å². The molecule has 0 saturated heterocycles. The quantitative estimate of drug-likeness (QED) is 0.635. The second-order valence-corrected chi connectivity index (χ2v) is 5.32. The highest BCUT2D eigenvalue weighted by molar-refractivity contribution is 9.10. The third-order valence-electron chi connectivity index (χ3n) is 2.97. The average Bonchev–Trinajstić information content (AvgIpc) is 2.61. The normalized spacial score (nSPS) is 11.6. The van der Waals surface area contributed by atoms with E-state index in [0.717, 1.165) is 21.1 Å². The summed E-state index contributed by atoms with van der Waals surface area (Å²) in [4.78, 5) is 23.0. The van der Waals surface area contributed by atoms with E-state index in [0.29, 0.717) is 0 Å². The summed E-state index contributed by atoms with van der Waals surface area (Å²) in [7, 11) is 3.44. The van der Waals surface area contributed by atoms with Crippen LogP contribution in [0.15, 0.2) is 27.5 Å². The number of allylic oxidation sites excluding steroid dienone is 1. The van der Waals surface area contributed by atoms with Gasteiger partial charge in [0.05, 0.1) is 16.9 Å². The molecular formula is C13H12BrClN2O2. The van der Waals surface area contributed by atoms with Crippen molar-refractivity contribution in [3.63, 3.8) is 0 Å². The van der Waals surface area contributed by atoms with Gasteiger partial charge in [0, 0.05) is 18.6 Å². The van der Waals surface area contributed by atoms with E-state index < -0.39 is 0 Å². The van der Waals surface area contributed by atoms with E-state index in [-0.39, 0.29) is 17.4 Å². The third-order valence-corrected chi connectivity index (χ3v) is 3.92. The number of ketones is 1. The first kappa shape index (κ1) is 14.1. The zero-order chi connectivity index (χ0) is 14.2. The van der Waals surface area contributed by atoms with Gasteiger partial charge in [0.25, 0.3) is 0 Å². The van der Waals surface area contributed by atoms with Crippen molar-refractivity contribution in [3.8, 4) is 0 Å². The highest BCUT2D eigenvalue weighted by Gasteiger charge is 2.10. The monoisotopic (exact) mass is 342 g/mol. The maximum absolute atomic E-state index is 11.8. The van der Waals surface area contributed by atoms with Gasteiger partial charge in [0.15, 0.2) is 5.78 Å². The molecule has 100 valence electrons. The lowest BCUT2D eigenvalue weighted by molar-refractivity contribution is -0.112. The number of imidazole rings is 1. The number of halogens is 2. The molecule has 0 spiro atoms. The molecule has 0 atom stereocenters. The van der Waals surface area contributed by atoms with Gasteiger partial charge in [0.1, 0.15) is 0 Å². The molecule has 19 heavy (non-hydrogen) atoms. The number of aromatic nitrogens is 2. The van der Waals surface area contributed by atoms with Gasteiger partial charge in [-0.15, -0.1) is 11.6 Å². The molecule has 0 N–H and O–H groups in total. The van der Waals surface area contributed by atoms with E-state index in [4.69, 9.17) is 11.6 Å². The van der Waals surface area contributed by atoms with Crippen LogP contribution in [0.1, 0.15) is 5.56 Å². The fourth-order valence-electron chi connectivity index (χ4n) is 1.89. The highest BCUT2D eigenvalue weighted by atomic mass is 79.9. The minimum atomic E-state index is -0.157. The molecule has 2 rings (SSSR count). The van der Waals surface area contributed by atoms with Crippen molar-refractivity contribution in [1.29, 1.82) is 0 Å². The van der Waals surface area contributed by atoms with Gasteiger partial charge in [0.2, 0.25) is 0 Å². The Morgan fingerprint density at radius 1 is 1.32 bits per heavy atom. The Labute approximate surface area is 123 Å². The van der Waals surface area contributed by atoms with Gasteiger partial charge in [-0.25, -0.2) is 4.79 Å². The van der Waals surface area contributed by atoms with E-state index in [1.54, 1.807) is 29.3 Å². The molecule has 1 aromatic heterocycles. The lowest BCUT2D eigenvalue weighted by atomic mass is 10.1. The van der Waals surface area contributed by atoms with Crippen LogP contribution in [0.2, 0.25) is 0 Å². The molecule has 0 aliphatic carbocycles. The number of hydrogen-bond donors (Lipinski definition) is 0. The third kappa shape index (κ3) is 2.53. The lowest BCUT2D eigenvalue weighted by Gasteiger charge is -2.01. The molecule has 2 aromatic rings. The molecule has 0 radical (unpaired) electrons. The van der Waals surface area contributed by atoms with E-state index >= 15 is 0 Å². The lowest BCUT2D eigenvalue weighted by Crippen LogP contribution is -2.19. The first-order chi connectivity index (χ1) is 8.95. The zero-order valence-electron chi connectivity index (χ0n) is 10.5. The van der Waals surface area contributed by atoms with Crippen LogP contribution in [0.5, 0.6) is 0 Å². The molecule has 1 heterocycles. The van der Waals surface area contributed by atoms with Crippen molar-refractivity contribution in [2.45, 2.75) is 0 Å². The van der Waals surface area contributed by atoms with Crippen LogP contribution in [0, 0.1) is 0 Å². The fraction of sp³-hybridized carbons (Fsp3) is 0.231. The molecule has 1 aromatic carbocycles. The standard InChI is InChI=1S/C13H12BrClN2O2/c1-16-11-5-8(3-4-9(18)7-15)10(14)6-12(11)17(2)13(16)19/h3-6H,7H2,1-2H3. The van der Waals surface area contributed by atoms with Gasteiger partial charge in [-0.05, 0) is 23.8 Å². The number of aryl methyl sites for hydroxylation is 2. The van der Waals surface area contributed by atoms with Crippen molar-refractivity contribution < 1.29 is 4.79 Å². The molecule has 0 unspecified atom stereocenters. The molecule has 6 heteroatoms. The number of fused-ring (bicyclic) bond motifs is 1. The topological polar surface area (TPSA) is 44.0 Å². The Bertz CT molecular complexity index is 743. The Morgan fingerprint density at radius 2 is 1.89 bits per heavy atom. The molecule has 0 amide bonds. The molecule has 0 fully saturated rings. The number of rotatable bonds is 3. The Morgan fingerprint density at radius 3 is 2.47 bits per heavy atom. The Hall–Kier alpha value is -1.33. The molecule has 0 aliphatic rings. The SMILES string of the molecule is Cn1c(=O)n(C)c2cc(C=CC(=O)CCl)c(Br)cc21. The maximum atomic E-state index is 11.8. The summed E-state index contributed by atoms with van der Waals surface area (Å²) >= 11 is 8.88. The number of nitrogens with zero attached hydrogens (tertiary/aromatic N) is 2. The van der Waals surface area contributed by atoms with Crippen LogP contribution in [0.3, 0.4) is 0 Å². The van der Waals surface area contributed by atoms with E-state index in [2.05, 4.69) is 15.9 Å².